The third-order valence-electron chi connectivity index (χ3n) is 4.01. The maximum absolute atomic E-state index is 12.5. The Bertz CT molecular complexity index is 579. The minimum Gasteiger partial charge on any atom is -0.392 e. The van der Waals surface area contributed by atoms with E-state index in [1.54, 1.807) is 11.8 Å². The van der Waals surface area contributed by atoms with Crippen LogP contribution in [-0.2, 0) is 12.6 Å². The molecule has 2 amide bonds. The Kier molecular flexibility index (Phi) is 6.64. The van der Waals surface area contributed by atoms with Crippen molar-refractivity contribution < 1.29 is 23.1 Å². The molecule has 0 radical (unpaired) electrons. The maximum atomic E-state index is 12.5. The van der Waals surface area contributed by atoms with Crippen LogP contribution in [-0.4, -0.2) is 70.8 Å². The Labute approximate surface area is 148 Å². The largest absolute Gasteiger partial charge is 0.434 e. The molecule has 0 aliphatic carbocycles. The first-order valence-electron chi connectivity index (χ1n) is 8.13. The minimum atomic E-state index is -4.43. The van der Waals surface area contributed by atoms with Gasteiger partial charge in [0.1, 0.15) is 0 Å². The molecule has 0 spiro atoms. The van der Waals surface area contributed by atoms with Crippen LogP contribution in [0.25, 0.3) is 0 Å². The van der Waals surface area contributed by atoms with Crippen molar-refractivity contribution in [1.29, 1.82) is 0 Å². The zero-order valence-corrected chi connectivity index (χ0v) is 15.0. The second-order valence-electron chi connectivity index (χ2n) is 6.25. The van der Waals surface area contributed by atoms with E-state index in [4.69, 9.17) is 0 Å². The lowest BCUT2D eigenvalue weighted by Crippen LogP contribution is -2.57. The van der Waals surface area contributed by atoms with Gasteiger partial charge in [0.05, 0.1) is 11.1 Å². The summed E-state index contributed by atoms with van der Waals surface area (Å²) in [4.78, 5) is 19.5. The molecule has 1 aromatic rings. The first-order valence-corrected chi connectivity index (χ1v) is 9.01. The molecule has 0 saturated carbocycles. The number of nitrogens with zero attached hydrogens (tertiary/aromatic N) is 3. The highest BCUT2D eigenvalue weighted by molar-refractivity contribution is 7.09. The quantitative estimate of drug-likeness (QED) is 0.817. The van der Waals surface area contributed by atoms with E-state index in [1.165, 1.54) is 0 Å². The van der Waals surface area contributed by atoms with Crippen molar-refractivity contribution in [2.75, 3.05) is 32.7 Å². The van der Waals surface area contributed by atoms with Gasteiger partial charge in [0.25, 0.3) is 0 Å². The number of piperazine rings is 1. The van der Waals surface area contributed by atoms with Gasteiger partial charge >= 0.3 is 12.2 Å². The molecule has 6 nitrogen and oxygen atoms in total. The molecule has 142 valence electrons. The number of amides is 2. The Morgan fingerprint density at radius 3 is 2.80 bits per heavy atom. The maximum Gasteiger partial charge on any atom is 0.434 e. The van der Waals surface area contributed by atoms with E-state index in [2.05, 4.69) is 15.2 Å². The molecule has 1 fully saturated rings. The Morgan fingerprint density at radius 1 is 1.52 bits per heavy atom. The normalized spacial score (nSPS) is 20.6. The number of rotatable bonds is 5. The van der Waals surface area contributed by atoms with Gasteiger partial charge in [-0.05, 0) is 13.8 Å². The van der Waals surface area contributed by atoms with E-state index in [9.17, 15) is 23.1 Å². The predicted molar refractivity (Wildman–Crippen MR) is 88.5 cm³/mol. The lowest BCUT2D eigenvalue weighted by atomic mass is 10.2. The summed E-state index contributed by atoms with van der Waals surface area (Å²) in [5.74, 6) is 0. The summed E-state index contributed by atoms with van der Waals surface area (Å²) in [6.45, 7) is 6.33. The Hall–Kier alpha value is -1.39. The van der Waals surface area contributed by atoms with E-state index in [1.807, 2.05) is 6.92 Å². The number of carbonyl (C=O) groups excluding carboxylic acids is 1. The van der Waals surface area contributed by atoms with Crippen LogP contribution in [0.5, 0.6) is 0 Å². The van der Waals surface area contributed by atoms with Gasteiger partial charge in [0, 0.05) is 50.6 Å². The van der Waals surface area contributed by atoms with Crippen LogP contribution in [0.4, 0.5) is 18.0 Å². The number of nitrogens with one attached hydrogen (secondary N) is 1. The number of hydrogen-bond donors (Lipinski definition) is 2. The topological polar surface area (TPSA) is 68.7 Å². The molecule has 1 saturated heterocycles. The molecule has 0 unspecified atom stereocenters. The van der Waals surface area contributed by atoms with Crippen molar-refractivity contribution in [2.24, 2.45) is 0 Å². The third-order valence-corrected chi connectivity index (χ3v) is 4.92. The zero-order valence-electron chi connectivity index (χ0n) is 14.2. The first-order chi connectivity index (χ1) is 11.7. The van der Waals surface area contributed by atoms with Crippen LogP contribution in [0.2, 0.25) is 0 Å². The standard InChI is InChI=1S/C15H23F3N4O2S/c1-10-7-22(6-5-21(10)8-11(2)23)14(24)19-4-3-13-20-12(9-25-13)15(16,17)18/h9-11,23H,3-8H2,1-2H3,(H,19,24)/t10-,11+/m0/s1. The van der Waals surface area contributed by atoms with Gasteiger partial charge in [-0.3, -0.25) is 4.90 Å². The molecule has 2 N–H and O–H groups in total. The van der Waals surface area contributed by atoms with Crippen LogP contribution in [0, 0.1) is 0 Å². The van der Waals surface area contributed by atoms with E-state index in [0.29, 0.717) is 31.2 Å². The van der Waals surface area contributed by atoms with Gasteiger partial charge in [-0.25, -0.2) is 9.78 Å². The van der Waals surface area contributed by atoms with Crippen molar-refractivity contribution in [3.05, 3.63) is 16.1 Å². The summed E-state index contributed by atoms with van der Waals surface area (Å²) in [6.07, 6.45) is -4.58. The highest BCUT2D eigenvalue weighted by Gasteiger charge is 2.33. The highest BCUT2D eigenvalue weighted by atomic mass is 32.1. The third kappa shape index (κ3) is 5.82. The Morgan fingerprint density at radius 2 is 2.24 bits per heavy atom. The number of hydrogen-bond acceptors (Lipinski definition) is 5. The number of halogens is 3. The van der Waals surface area contributed by atoms with Crippen molar-refractivity contribution in [3.8, 4) is 0 Å². The number of aromatic nitrogens is 1. The van der Waals surface area contributed by atoms with Crippen molar-refractivity contribution in [2.45, 2.75) is 38.6 Å². The molecule has 0 aromatic carbocycles. The average molecular weight is 380 g/mol. The minimum absolute atomic E-state index is 0.141. The molecule has 1 aromatic heterocycles. The molecular formula is C15H23F3N4O2S. The number of β-amino-alcohol motifs (C(OH)–C–C–N with tert-alkyl or cyclic N) is 1. The fraction of sp³-hybridized carbons (Fsp3) is 0.733. The van der Waals surface area contributed by atoms with Crippen molar-refractivity contribution in [3.63, 3.8) is 0 Å². The molecule has 2 heterocycles. The summed E-state index contributed by atoms with van der Waals surface area (Å²) in [6, 6.07) is -0.0847. The van der Waals surface area contributed by atoms with Gasteiger partial charge < -0.3 is 15.3 Å². The molecule has 25 heavy (non-hydrogen) atoms. The summed E-state index contributed by atoms with van der Waals surface area (Å²) >= 11 is 0.944. The zero-order chi connectivity index (χ0) is 18.6. The van der Waals surface area contributed by atoms with Crippen LogP contribution in [0.15, 0.2) is 5.38 Å². The van der Waals surface area contributed by atoms with E-state index >= 15 is 0 Å². The summed E-state index contributed by atoms with van der Waals surface area (Å²) in [5, 5.41) is 13.5. The number of alkyl halides is 3. The van der Waals surface area contributed by atoms with E-state index in [0.717, 1.165) is 16.7 Å². The first kappa shape index (κ1) is 19.9. The monoisotopic (exact) mass is 380 g/mol. The summed E-state index contributed by atoms with van der Waals surface area (Å²) < 4.78 is 37.5. The SMILES string of the molecule is C[C@@H](O)CN1CCN(C(=O)NCCc2nc(C(F)(F)F)cs2)C[C@@H]1C. The van der Waals surface area contributed by atoms with Crippen LogP contribution < -0.4 is 5.32 Å². The lowest BCUT2D eigenvalue weighted by molar-refractivity contribution is -0.140. The fourth-order valence-corrected chi connectivity index (χ4v) is 3.54. The second kappa shape index (κ2) is 8.33. The van der Waals surface area contributed by atoms with Gasteiger partial charge in [0.15, 0.2) is 5.69 Å². The molecule has 0 bridgehead atoms. The highest BCUT2D eigenvalue weighted by Crippen LogP contribution is 2.30. The summed E-state index contributed by atoms with van der Waals surface area (Å²) in [5.41, 5.74) is -0.887. The molecule has 2 rings (SSSR count). The molecule has 2 atom stereocenters. The second-order valence-corrected chi connectivity index (χ2v) is 7.19. The number of aliphatic hydroxyl groups is 1. The molecule has 1 aliphatic rings. The van der Waals surface area contributed by atoms with Gasteiger partial charge in [-0.1, -0.05) is 0 Å². The van der Waals surface area contributed by atoms with Crippen LogP contribution in [0.3, 0.4) is 0 Å². The number of aliphatic hydroxyl groups excluding tert-OH is 1. The molecular weight excluding hydrogens is 357 g/mol. The van der Waals surface area contributed by atoms with Gasteiger partial charge in [-0.15, -0.1) is 11.3 Å². The lowest BCUT2D eigenvalue weighted by Gasteiger charge is -2.40. The number of thiazole rings is 1. The predicted octanol–water partition coefficient (Wildman–Crippen LogP) is 1.80. The molecule has 1 aliphatic heterocycles. The fourth-order valence-electron chi connectivity index (χ4n) is 2.73. The summed E-state index contributed by atoms with van der Waals surface area (Å²) in [7, 11) is 0. The number of urea groups is 1. The average Bonchev–Trinajstić information content (AvgIpc) is 2.98. The molecule has 10 heteroatoms. The van der Waals surface area contributed by atoms with Gasteiger partial charge in [0.2, 0.25) is 0 Å². The van der Waals surface area contributed by atoms with Gasteiger partial charge in [-0.2, -0.15) is 13.2 Å². The van der Waals surface area contributed by atoms with Crippen LogP contribution >= 0.6 is 11.3 Å². The number of carbonyl (C=O) groups is 1. The van der Waals surface area contributed by atoms with Crippen molar-refractivity contribution in [1.82, 2.24) is 20.1 Å². The smallest absolute Gasteiger partial charge is 0.392 e. The van der Waals surface area contributed by atoms with E-state index < -0.39 is 18.0 Å². The van der Waals surface area contributed by atoms with E-state index in [-0.39, 0.29) is 25.0 Å². The van der Waals surface area contributed by atoms with Crippen LogP contribution in [0.1, 0.15) is 24.5 Å². The van der Waals surface area contributed by atoms with Crippen molar-refractivity contribution >= 4 is 17.4 Å². The Balaban J connectivity index is 1.75.